The fourth-order valence-corrected chi connectivity index (χ4v) is 2.93. The zero-order valence-electron chi connectivity index (χ0n) is 10.5. The number of halogens is 1. The van der Waals surface area contributed by atoms with Crippen molar-refractivity contribution in [3.63, 3.8) is 0 Å². The summed E-state index contributed by atoms with van der Waals surface area (Å²) in [5.74, 6) is 0. The summed E-state index contributed by atoms with van der Waals surface area (Å²) in [4.78, 5) is 2.53. The zero-order valence-corrected chi connectivity index (χ0v) is 12.1. The van der Waals surface area contributed by atoms with Gasteiger partial charge in [0.25, 0.3) is 0 Å². The molecule has 1 aliphatic heterocycles. The summed E-state index contributed by atoms with van der Waals surface area (Å²) in [7, 11) is 0. The van der Waals surface area contributed by atoms with E-state index in [9.17, 15) is 0 Å². The van der Waals surface area contributed by atoms with E-state index in [2.05, 4.69) is 48.5 Å². The molecule has 1 aliphatic rings. The lowest BCUT2D eigenvalue weighted by molar-refractivity contribution is -0.180. The van der Waals surface area contributed by atoms with Crippen LogP contribution in [0.4, 0.5) is 0 Å². The van der Waals surface area contributed by atoms with Gasteiger partial charge in [-0.05, 0) is 47.1 Å². The first-order valence-corrected chi connectivity index (χ1v) is 6.95. The number of hydrogen-bond acceptors (Lipinski definition) is 2. The Kier molecular flexibility index (Phi) is 4.63. The number of unbranched alkanes of at least 4 members (excludes halogenated alkanes) is 1. The summed E-state index contributed by atoms with van der Waals surface area (Å²) in [6.45, 7) is 12.0. The van der Waals surface area contributed by atoms with Gasteiger partial charge in [0.05, 0.1) is 11.2 Å². The van der Waals surface area contributed by atoms with Crippen LogP contribution in [0.15, 0.2) is 0 Å². The predicted octanol–water partition coefficient (Wildman–Crippen LogP) is 3.05. The number of hydrogen-bond donors (Lipinski definition) is 0. The van der Waals surface area contributed by atoms with Crippen molar-refractivity contribution >= 4 is 15.9 Å². The topological polar surface area (TPSA) is 12.5 Å². The van der Waals surface area contributed by atoms with Gasteiger partial charge in [-0.3, -0.25) is 4.90 Å². The third-order valence-electron chi connectivity index (χ3n) is 2.62. The third kappa shape index (κ3) is 4.83. The van der Waals surface area contributed by atoms with Gasteiger partial charge >= 0.3 is 0 Å². The van der Waals surface area contributed by atoms with Crippen LogP contribution in [0.2, 0.25) is 0 Å². The molecule has 0 amide bonds. The normalized spacial score (nSPS) is 25.4. The van der Waals surface area contributed by atoms with Crippen LogP contribution in [0.1, 0.15) is 40.5 Å². The molecule has 0 N–H and O–H groups in total. The van der Waals surface area contributed by atoms with Crippen molar-refractivity contribution in [2.24, 2.45) is 0 Å². The second-order valence-electron chi connectivity index (χ2n) is 5.73. The summed E-state index contributed by atoms with van der Waals surface area (Å²) in [5.41, 5.74) is -0.00763. The van der Waals surface area contributed by atoms with Crippen LogP contribution in [0.5, 0.6) is 0 Å². The minimum absolute atomic E-state index is 0.00382. The van der Waals surface area contributed by atoms with E-state index < -0.39 is 0 Å². The van der Waals surface area contributed by atoms with E-state index in [1.54, 1.807) is 0 Å². The molecule has 0 atom stereocenters. The molecule has 0 radical (unpaired) electrons. The van der Waals surface area contributed by atoms with Gasteiger partial charge in [-0.15, -0.1) is 0 Å². The van der Waals surface area contributed by atoms with Gasteiger partial charge in [-0.25, -0.2) is 0 Å². The van der Waals surface area contributed by atoms with E-state index in [1.165, 1.54) is 19.4 Å². The first-order valence-electron chi connectivity index (χ1n) is 5.83. The standard InChI is InChI=1S/C12H24BrNO/c1-11(2)9-14(8-6-5-7-13)10-12(3,4)15-11/h5-10H2,1-4H3. The average molecular weight is 278 g/mol. The highest BCUT2D eigenvalue weighted by Gasteiger charge is 2.37. The maximum Gasteiger partial charge on any atom is 0.0760 e. The molecule has 0 aromatic rings. The Balaban J connectivity index is 2.44. The van der Waals surface area contributed by atoms with Gasteiger partial charge in [-0.2, -0.15) is 0 Å². The molecule has 90 valence electrons. The molecule has 0 aliphatic carbocycles. The summed E-state index contributed by atoms with van der Waals surface area (Å²) in [5, 5.41) is 1.12. The molecule has 0 bridgehead atoms. The molecule has 0 spiro atoms. The highest BCUT2D eigenvalue weighted by Crippen LogP contribution is 2.28. The van der Waals surface area contributed by atoms with E-state index in [-0.39, 0.29) is 11.2 Å². The quantitative estimate of drug-likeness (QED) is 0.579. The molecule has 2 nitrogen and oxygen atoms in total. The van der Waals surface area contributed by atoms with Crippen LogP contribution in [0.25, 0.3) is 0 Å². The Morgan fingerprint density at radius 1 is 1.07 bits per heavy atom. The molecule has 3 heteroatoms. The lowest BCUT2D eigenvalue weighted by Gasteiger charge is -2.47. The lowest BCUT2D eigenvalue weighted by Crippen LogP contribution is -2.57. The second kappa shape index (κ2) is 5.15. The van der Waals surface area contributed by atoms with Crippen molar-refractivity contribution in [3.8, 4) is 0 Å². The van der Waals surface area contributed by atoms with Crippen molar-refractivity contribution in [3.05, 3.63) is 0 Å². The van der Waals surface area contributed by atoms with Gasteiger partial charge in [-0.1, -0.05) is 15.9 Å². The maximum absolute atomic E-state index is 6.05. The summed E-state index contributed by atoms with van der Waals surface area (Å²) < 4.78 is 6.05. The van der Waals surface area contributed by atoms with E-state index >= 15 is 0 Å². The second-order valence-corrected chi connectivity index (χ2v) is 6.52. The lowest BCUT2D eigenvalue weighted by atomic mass is 9.99. The molecule has 0 saturated carbocycles. The van der Waals surface area contributed by atoms with E-state index in [1.807, 2.05) is 0 Å². The maximum atomic E-state index is 6.05. The largest absolute Gasteiger partial charge is 0.367 e. The van der Waals surface area contributed by atoms with Gasteiger partial charge < -0.3 is 4.74 Å². The van der Waals surface area contributed by atoms with E-state index in [0.29, 0.717) is 0 Å². The molecule has 0 unspecified atom stereocenters. The fourth-order valence-electron chi connectivity index (χ4n) is 2.53. The van der Waals surface area contributed by atoms with Crippen molar-refractivity contribution < 1.29 is 4.74 Å². The Hall–Kier alpha value is 0.400. The average Bonchev–Trinajstić information content (AvgIpc) is 1.98. The molecular weight excluding hydrogens is 254 g/mol. The highest BCUT2D eigenvalue weighted by atomic mass is 79.9. The molecule has 1 fully saturated rings. The summed E-state index contributed by atoms with van der Waals surface area (Å²) >= 11 is 3.48. The zero-order chi connectivity index (χ0) is 11.5. The van der Waals surface area contributed by atoms with Gasteiger partial charge in [0.1, 0.15) is 0 Å². The van der Waals surface area contributed by atoms with Crippen molar-refractivity contribution in [1.82, 2.24) is 4.90 Å². The smallest absolute Gasteiger partial charge is 0.0760 e. The molecule has 1 heterocycles. The molecule has 1 saturated heterocycles. The number of rotatable bonds is 4. The monoisotopic (exact) mass is 277 g/mol. The Labute approximate surface area is 102 Å². The van der Waals surface area contributed by atoms with Crippen LogP contribution in [0, 0.1) is 0 Å². The van der Waals surface area contributed by atoms with Gasteiger partial charge in [0, 0.05) is 18.4 Å². The molecule has 0 aromatic heterocycles. The molecule has 1 rings (SSSR count). The first-order chi connectivity index (χ1) is 6.85. The Morgan fingerprint density at radius 2 is 1.60 bits per heavy atom. The predicted molar refractivity (Wildman–Crippen MR) is 68.7 cm³/mol. The molecule has 15 heavy (non-hydrogen) atoms. The van der Waals surface area contributed by atoms with E-state index in [4.69, 9.17) is 4.74 Å². The SMILES string of the molecule is CC1(C)CN(CCCCBr)CC(C)(C)O1. The minimum Gasteiger partial charge on any atom is -0.367 e. The van der Waals surface area contributed by atoms with E-state index in [0.717, 1.165) is 18.4 Å². The number of alkyl halides is 1. The van der Waals surface area contributed by atoms with Crippen molar-refractivity contribution in [2.75, 3.05) is 25.0 Å². The Bertz CT molecular complexity index is 188. The highest BCUT2D eigenvalue weighted by molar-refractivity contribution is 9.09. The summed E-state index contributed by atoms with van der Waals surface area (Å²) in [6, 6.07) is 0. The first kappa shape index (κ1) is 13.5. The number of morpholine rings is 1. The fraction of sp³-hybridized carbons (Fsp3) is 1.00. The van der Waals surface area contributed by atoms with Crippen LogP contribution in [0.3, 0.4) is 0 Å². The van der Waals surface area contributed by atoms with Gasteiger partial charge in [0.15, 0.2) is 0 Å². The van der Waals surface area contributed by atoms with Crippen LogP contribution >= 0.6 is 15.9 Å². The van der Waals surface area contributed by atoms with Crippen LogP contribution in [-0.2, 0) is 4.74 Å². The Morgan fingerprint density at radius 3 is 2.07 bits per heavy atom. The molecule has 0 aromatic carbocycles. The summed E-state index contributed by atoms with van der Waals surface area (Å²) in [6.07, 6.45) is 2.54. The van der Waals surface area contributed by atoms with Crippen LogP contribution in [-0.4, -0.2) is 41.1 Å². The third-order valence-corrected chi connectivity index (χ3v) is 3.18. The minimum atomic E-state index is -0.00382. The van der Waals surface area contributed by atoms with Crippen molar-refractivity contribution in [1.29, 1.82) is 0 Å². The van der Waals surface area contributed by atoms with Crippen molar-refractivity contribution in [2.45, 2.75) is 51.7 Å². The number of nitrogens with zero attached hydrogens (tertiary/aromatic N) is 1. The number of ether oxygens (including phenoxy) is 1. The van der Waals surface area contributed by atoms with Crippen LogP contribution < -0.4 is 0 Å². The van der Waals surface area contributed by atoms with Gasteiger partial charge in [0.2, 0.25) is 0 Å². The molecular formula is C12H24BrNO.